The molecule has 4 aromatic rings. The van der Waals surface area contributed by atoms with E-state index in [1.54, 1.807) is 24.3 Å². The summed E-state index contributed by atoms with van der Waals surface area (Å²) in [6.07, 6.45) is 1.52. The van der Waals surface area contributed by atoms with Gasteiger partial charge in [0.05, 0.1) is 11.6 Å². The molecule has 1 heterocycles. The number of aliphatic carboxylic acids is 1. The van der Waals surface area contributed by atoms with Crippen LogP contribution in [0.4, 0.5) is 0 Å². The molecule has 1 atom stereocenters. The van der Waals surface area contributed by atoms with Crippen LogP contribution in [0.3, 0.4) is 0 Å². The topological polar surface area (TPSA) is 125 Å². The molecule has 1 aromatic heterocycles. The third kappa shape index (κ3) is 7.37. The fraction of sp³-hybridized carbons (Fsp3) is 0.167. The van der Waals surface area contributed by atoms with Crippen LogP contribution in [0.1, 0.15) is 22.4 Å². The first-order chi connectivity index (χ1) is 19.4. The van der Waals surface area contributed by atoms with Crippen LogP contribution in [-0.2, 0) is 24.6 Å². The zero-order valence-corrected chi connectivity index (χ0v) is 23.5. The van der Waals surface area contributed by atoms with Crippen molar-refractivity contribution in [2.75, 3.05) is 6.61 Å². The van der Waals surface area contributed by atoms with E-state index in [2.05, 4.69) is 26.2 Å². The monoisotopic (exact) mass is 621 g/mol. The number of aliphatic hydroxyl groups excluding tert-OH is 1. The molecule has 8 nitrogen and oxygen atoms in total. The highest BCUT2D eigenvalue weighted by Crippen LogP contribution is 2.36. The highest BCUT2D eigenvalue weighted by atomic mass is 79.9. The molecule has 0 aliphatic rings. The lowest BCUT2D eigenvalue weighted by atomic mass is 10.0. The molecule has 0 fully saturated rings. The molecule has 10 heteroatoms. The second-order valence-electron chi connectivity index (χ2n) is 8.73. The number of carboxylic acid groups (broad SMARTS) is 1. The minimum absolute atomic E-state index is 0.0668. The summed E-state index contributed by atoms with van der Waals surface area (Å²) < 4.78 is 13.1. The van der Waals surface area contributed by atoms with Gasteiger partial charge in [-0.15, -0.1) is 0 Å². The van der Waals surface area contributed by atoms with E-state index in [1.165, 1.54) is 6.20 Å². The molecule has 0 saturated carbocycles. The Labute approximate surface area is 244 Å². The van der Waals surface area contributed by atoms with Crippen molar-refractivity contribution in [3.63, 3.8) is 0 Å². The van der Waals surface area contributed by atoms with Crippen LogP contribution < -0.4 is 14.8 Å². The summed E-state index contributed by atoms with van der Waals surface area (Å²) in [5.41, 5.74) is 4.57. The van der Waals surface area contributed by atoms with Crippen molar-refractivity contribution < 1.29 is 24.5 Å². The number of nitriles is 1. The molecule has 0 saturated heterocycles. The average molecular weight is 623 g/mol. The zero-order chi connectivity index (χ0) is 28.5. The second kappa shape index (κ2) is 13.9. The number of halogens is 2. The molecule has 0 unspecified atom stereocenters. The van der Waals surface area contributed by atoms with E-state index in [4.69, 9.17) is 26.3 Å². The maximum absolute atomic E-state index is 11.4. The Morgan fingerprint density at radius 3 is 2.52 bits per heavy atom. The van der Waals surface area contributed by atoms with Gasteiger partial charge in [0.1, 0.15) is 42.5 Å². The van der Waals surface area contributed by atoms with E-state index in [0.717, 1.165) is 26.7 Å². The summed E-state index contributed by atoms with van der Waals surface area (Å²) in [6.45, 7) is -0.166. The number of hydrogen-bond acceptors (Lipinski definition) is 7. The van der Waals surface area contributed by atoms with Gasteiger partial charge in [-0.05, 0) is 50.8 Å². The molecular weight excluding hydrogens is 598 g/mol. The number of carbonyl (C=O) groups is 1. The number of nitrogens with one attached hydrogen (secondary N) is 1. The van der Waals surface area contributed by atoms with Gasteiger partial charge in [-0.3, -0.25) is 10.1 Å². The Balaban J connectivity index is 1.58. The van der Waals surface area contributed by atoms with E-state index >= 15 is 0 Å². The van der Waals surface area contributed by atoms with Crippen LogP contribution in [0.25, 0.3) is 11.1 Å². The van der Waals surface area contributed by atoms with Gasteiger partial charge in [-0.1, -0.05) is 60.1 Å². The Bertz CT molecular complexity index is 1530. The highest BCUT2D eigenvalue weighted by molar-refractivity contribution is 9.10. The lowest BCUT2D eigenvalue weighted by Gasteiger charge is -2.18. The van der Waals surface area contributed by atoms with Gasteiger partial charge >= 0.3 is 5.97 Å². The molecule has 4 rings (SSSR count). The summed E-state index contributed by atoms with van der Waals surface area (Å²) >= 11 is 10.3. The molecule has 0 spiro atoms. The molecular formula is C30H25BrClN3O5. The second-order valence-corrected chi connectivity index (χ2v) is 9.93. The van der Waals surface area contributed by atoms with Crippen LogP contribution in [0.5, 0.6) is 11.5 Å². The zero-order valence-electron chi connectivity index (χ0n) is 21.2. The van der Waals surface area contributed by atoms with Crippen molar-refractivity contribution in [1.82, 2.24) is 10.3 Å². The van der Waals surface area contributed by atoms with Gasteiger partial charge in [-0.2, -0.15) is 5.26 Å². The van der Waals surface area contributed by atoms with E-state index in [1.807, 2.05) is 54.6 Å². The maximum atomic E-state index is 11.4. The predicted molar refractivity (Wildman–Crippen MR) is 154 cm³/mol. The van der Waals surface area contributed by atoms with Crippen LogP contribution in [0, 0.1) is 11.3 Å². The number of carboxylic acids is 1. The minimum Gasteiger partial charge on any atom is -0.488 e. The lowest BCUT2D eigenvalue weighted by Crippen LogP contribution is -2.39. The van der Waals surface area contributed by atoms with Crippen LogP contribution >= 0.6 is 27.5 Å². The van der Waals surface area contributed by atoms with Crippen molar-refractivity contribution in [1.29, 1.82) is 5.26 Å². The number of aromatic nitrogens is 1. The fourth-order valence-electron chi connectivity index (χ4n) is 3.90. The third-order valence-corrected chi connectivity index (χ3v) is 7.25. The quantitative estimate of drug-likeness (QED) is 0.183. The molecule has 0 radical (unpaired) electrons. The average Bonchev–Trinajstić information content (AvgIpc) is 2.97. The molecule has 0 bridgehead atoms. The number of pyridine rings is 1. The first kappa shape index (κ1) is 29.1. The van der Waals surface area contributed by atoms with Gasteiger partial charge in [0.25, 0.3) is 0 Å². The Hall–Kier alpha value is -3.94. The predicted octanol–water partition coefficient (Wildman–Crippen LogP) is 5.73. The largest absolute Gasteiger partial charge is 0.488 e. The fourth-order valence-corrected chi connectivity index (χ4v) is 4.74. The van der Waals surface area contributed by atoms with Gasteiger partial charge in [-0.25, -0.2) is 4.98 Å². The number of benzene rings is 3. The Morgan fingerprint density at radius 1 is 1.02 bits per heavy atom. The molecule has 3 aromatic carbocycles. The van der Waals surface area contributed by atoms with Gasteiger partial charge in [0.15, 0.2) is 0 Å². The van der Waals surface area contributed by atoms with E-state index in [0.29, 0.717) is 22.1 Å². The molecule has 0 amide bonds. The number of hydrogen-bond donors (Lipinski definition) is 3. The van der Waals surface area contributed by atoms with Crippen molar-refractivity contribution in [2.45, 2.75) is 25.8 Å². The summed E-state index contributed by atoms with van der Waals surface area (Å²) in [6, 6.07) is 23.4. The van der Waals surface area contributed by atoms with Gasteiger partial charge < -0.3 is 19.7 Å². The molecule has 40 heavy (non-hydrogen) atoms. The first-order valence-corrected chi connectivity index (χ1v) is 13.4. The number of aliphatic hydroxyl groups is 1. The highest BCUT2D eigenvalue weighted by Gasteiger charge is 2.18. The SMILES string of the molecule is N#Cc1cc(COc2cc(OCc3cccc(-c4ccccc4)c3Br)c(Cl)cc2CN[C@@H](CO)C(=O)O)ccn1. The van der Waals surface area contributed by atoms with Gasteiger partial charge in [0, 0.05) is 34.4 Å². The van der Waals surface area contributed by atoms with Crippen molar-refractivity contribution >= 4 is 33.5 Å². The van der Waals surface area contributed by atoms with Crippen molar-refractivity contribution in [2.24, 2.45) is 0 Å². The van der Waals surface area contributed by atoms with Crippen molar-refractivity contribution in [3.05, 3.63) is 111 Å². The molecule has 204 valence electrons. The van der Waals surface area contributed by atoms with Crippen LogP contribution in [0.15, 0.2) is 83.5 Å². The Kier molecular flexibility index (Phi) is 10.1. The summed E-state index contributed by atoms with van der Waals surface area (Å²) in [5.74, 6) is -0.400. The molecule has 3 N–H and O–H groups in total. The molecule has 0 aliphatic heterocycles. The summed E-state index contributed by atoms with van der Waals surface area (Å²) in [4.78, 5) is 15.3. The smallest absolute Gasteiger partial charge is 0.323 e. The first-order valence-electron chi connectivity index (χ1n) is 12.2. The van der Waals surface area contributed by atoms with E-state index in [-0.39, 0.29) is 25.5 Å². The van der Waals surface area contributed by atoms with Crippen molar-refractivity contribution in [3.8, 4) is 28.7 Å². The van der Waals surface area contributed by atoms with Gasteiger partial charge in [0.2, 0.25) is 0 Å². The van der Waals surface area contributed by atoms with E-state index in [9.17, 15) is 15.0 Å². The lowest BCUT2D eigenvalue weighted by molar-refractivity contribution is -0.140. The summed E-state index contributed by atoms with van der Waals surface area (Å²) in [7, 11) is 0. The third-order valence-electron chi connectivity index (χ3n) is 6.01. The number of rotatable bonds is 12. The molecule has 0 aliphatic carbocycles. The van der Waals surface area contributed by atoms with Crippen LogP contribution in [-0.4, -0.2) is 33.8 Å². The number of ether oxygens (including phenoxy) is 2. The standard InChI is InChI=1S/C30H25BrClN3O5/c31-29-21(7-4-8-24(29)20-5-2-1-3-6-20)18-40-28-13-27(39-17-19-9-10-34-23(11-19)14-33)22(12-25(28)32)15-35-26(16-36)30(37)38/h1-13,26,35-36H,15-18H2,(H,37,38)/t26-/m0/s1. The number of nitrogens with zero attached hydrogens (tertiary/aromatic N) is 2. The van der Waals surface area contributed by atoms with E-state index < -0.39 is 18.6 Å². The van der Waals surface area contributed by atoms with Crippen LogP contribution in [0.2, 0.25) is 5.02 Å². The normalized spacial score (nSPS) is 11.4. The maximum Gasteiger partial charge on any atom is 0.323 e. The Morgan fingerprint density at radius 2 is 1.80 bits per heavy atom. The minimum atomic E-state index is -1.18. The summed E-state index contributed by atoms with van der Waals surface area (Å²) in [5, 5.41) is 30.9.